The summed E-state index contributed by atoms with van der Waals surface area (Å²) in [6.45, 7) is 0.744. The molecule has 1 aromatic heterocycles. The first-order valence-electron chi connectivity index (χ1n) is 5.56. The van der Waals surface area contributed by atoms with E-state index < -0.39 is 12.0 Å². The Morgan fingerprint density at radius 2 is 2.33 bits per heavy atom. The van der Waals surface area contributed by atoms with Crippen LogP contribution in [0.25, 0.3) is 0 Å². The molecule has 0 saturated carbocycles. The predicted molar refractivity (Wildman–Crippen MR) is 68.9 cm³/mol. The molecule has 18 heavy (non-hydrogen) atoms. The Balaban J connectivity index is 2.22. The summed E-state index contributed by atoms with van der Waals surface area (Å²) in [7, 11) is 0. The second-order valence-corrected chi connectivity index (χ2v) is 5.76. The van der Waals surface area contributed by atoms with E-state index in [-0.39, 0.29) is 12.5 Å². The average molecular weight is 289 g/mol. The first-order valence-corrected chi connectivity index (χ1v) is 6.76. The lowest BCUT2D eigenvalue weighted by Crippen LogP contribution is -2.40. The number of hydrogen-bond donors (Lipinski definition) is 2. The third-order valence-electron chi connectivity index (χ3n) is 2.99. The van der Waals surface area contributed by atoms with E-state index in [1.807, 2.05) is 0 Å². The molecular weight excluding hydrogens is 276 g/mol. The van der Waals surface area contributed by atoms with Gasteiger partial charge < -0.3 is 15.7 Å². The molecule has 0 aliphatic carbocycles. The number of thiophene rings is 1. The van der Waals surface area contributed by atoms with Crippen LogP contribution in [0.15, 0.2) is 6.07 Å². The highest BCUT2D eigenvalue weighted by Gasteiger charge is 2.35. The molecule has 1 atom stereocenters. The Bertz CT molecular complexity index is 489. The first-order chi connectivity index (χ1) is 8.54. The van der Waals surface area contributed by atoms with Crippen molar-refractivity contribution in [1.82, 2.24) is 4.90 Å². The maximum Gasteiger partial charge on any atom is 0.326 e. The zero-order valence-corrected chi connectivity index (χ0v) is 11.1. The Kier molecular flexibility index (Phi) is 3.89. The number of rotatable bonds is 3. The standard InChI is InChI=1S/C11H13ClN2O3S/c12-9-6(5-13)4-8(18-9)10(15)14-3-1-2-7(14)11(16)17/h4,7H,1-3,5,13H2,(H,16,17). The fraction of sp³-hybridized carbons (Fsp3) is 0.455. The highest BCUT2D eigenvalue weighted by molar-refractivity contribution is 7.18. The topological polar surface area (TPSA) is 83.6 Å². The molecular formula is C11H13ClN2O3S. The lowest BCUT2D eigenvalue weighted by atomic mass is 10.2. The molecule has 1 amide bonds. The van der Waals surface area contributed by atoms with E-state index in [0.717, 1.165) is 16.9 Å². The number of halogens is 1. The smallest absolute Gasteiger partial charge is 0.326 e. The van der Waals surface area contributed by atoms with Crippen molar-refractivity contribution in [2.45, 2.75) is 25.4 Å². The molecule has 0 bridgehead atoms. The van der Waals surface area contributed by atoms with Crippen LogP contribution in [-0.2, 0) is 11.3 Å². The van der Waals surface area contributed by atoms with Crippen molar-refractivity contribution < 1.29 is 14.7 Å². The number of amides is 1. The van der Waals surface area contributed by atoms with Crippen molar-refractivity contribution in [3.05, 3.63) is 20.8 Å². The van der Waals surface area contributed by atoms with Gasteiger partial charge in [0, 0.05) is 13.1 Å². The Morgan fingerprint density at radius 3 is 2.89 bits per heavy atom. The summed E-state index contributed by atoms with van der Waals surface area (Å²) in [6.07, 6.45) is 1.22. The van der Waals surface area contributed by atoms with Gasteiger partial charge in [-0.3, -0.25) is 4.79 Å². The summed E-state index contributed by atoms with van der Waals surface area (Å²) in [5.74, 6) is -1.23. The van der Waals surface area contributed by atoms with Gasteiger partial charge in [0.25, 0.3) is 5.91 Å². The van der Waals surface area contributed by atoms with Gasteiger partial charge in [-0.2, -0.15) is 0 Å². The van der Waals surface area contributed by atoms with Crippen molar-refractivity contribution in [1.29, 1.82) is 0 Å². The molecule has 0 aromatic carbocycles. The van der Waals surface area contributed by atoms with Crippen LogP contribution in [0.4, 0.5) is 0 Å². The van der Waals surface area contributed by atoms with Crippen LogP contribution in [-0.4, -0.2) is 34.5 Å². The van der Waals surface area contributed by atoms with Crippen LogP contribution < -0.4 is 5.73 Å². The molecule has 0 spiro atoms. The average Bonchev–Trinajstić information content (AvgIpc) is 2.93. The van der Waals surface area contributed by atoms with Crippen molar-refractivity contribution >= 4 is 34.8 Å². The molecule has 2 heterocycles. The van der Waals surface area contributed by atoms with Crippen LogP contribution in [0, 0.1) is 0 Å². The van der Waals surface area contributed by atoms with Gasteiger partial charge in [-0.25, -0.2) is 4.79 Å². The normalized spacial score (nSPS) is 19.2. The fourth-order valence-electron chi connectivity index (χ4n) is 2.06. The zero-order chi connectivity index (χ0) is 13.3. The van der Waals surface area contributed by atoms with E-state index in [2.05, 4.69) is 0 Å². The molecule has 1 aliphatic heterocycles. The van der Waals surface area contributed by atoms with Gasteiger partial charge in [0.05, 0.1) is 9.21 Å². The zero-order valence-electron chi connectivity index (χ0n) is 9.56. The Labute approximate surface area is 113 Å². The molecule has 7 heteroatoms. The maximum atomic E-state index is 12.2. The number of carboxylic acid groups (broad SMARTS) is 1. The molecule has 1 unspecified atom stereocenters. The largest absolute Gasteiger partial charge is 0.480 e. The molecule has 5 nitrogen and oxygen atoms in total. The lowest BCUT2D eigenvalue weighted by molar-refractivity contribution is -0.141. The molecule has 98 valence electrons. The van der Waals surface area contributed by atoms with Gasteiger partial charge in [0.2, 0.25) is 0 Å². The molecule has 2 rings (SSSR count). The highest BCUT2D eigenvalue weighted by Crippen LogP contribution is 2.30. The van der Waals surface area contributed by atoms with E-state index >= 15 is 0 Å². The molecule has 0 radical (unpaired) electrons. The summed E-state index contributed by atoms with van der Waals surface area (Å²) in [5, 5.41) is 9.05. The van der Waals surface area contributed by atoms with Gasteiger partial charge in [-0.05, 0) is 24.5 Å². The number of nitrogens with two attached hydrogens (primary N) is 1. The van der Waals surface area contributed by atoms with Gasteiger partial charge >= 0.3 is 5.97 Å². The third kappa shape index (κ3) is 2.36. The van der Waals surface area contributed by atoms with Crippen LogP contribution in [0.5, 0.6) is 0 Å². The van der Waals surface area contributed by atoms with Gasteiger partial charge in [-0.15, -0.1) is 11.3 Å². The number of aliphatic carboxylic acids is 1. The minimum absolute atomic E-state index is 0.269. The van der Waals surface area contributed by atoms with Crippen molar-refractivity contribution in [3.8, 4) is 0 Å². The maximum absolute atomic E-state index is 12.2. The summed E-state index contributed by atoms with van der Waals surface area (Å²) in [5.41, 5.74) is 6.21. The van der Waals surface area contributed by atoms with Crippen LogP contribution >= 0.6 is 22.9 Å². The van der Waals surface area contributed by atoms with E-state index in [0.29, 0.717) is 28.6 Å². The van der Waals surface area contributed by atoms with Crippen molar-refractivity contribution in [2.24, 2.45) is 5.73 Å². The fourth-order valence-corrected chi connectivity index (χ4v) is 3.31. The number of carboxylic acids is 1. The molecule has 1 saturated heterocycles. The minimum Gasteiger partial charge on any atom is -0.480 e. The van der Waals surface area contributed by atoms with Crippen LogP contribution in [0.3, 0.4) is 0 Å². The summed E-state index contributed by atoms with van der Waals surface area (Å²) in [4.78, 5) is 25.1. The molecule has 1 aromatic rings. The second kappa shape index (κ2) is 5.26. The Hall–Kier alpha value is -1.11. The van der Waals surface area contributed by atoms with Gasteiger partial charge in [-0.1, -0.05) is 11.6 Å². The summed E-state index contributed by atoms with van der Waals surface area (Å²) in [6, 6.07) is 0.923. The number of hydrogen-bond acceptors (Lipinski definition) is 4. The van der Waals surface area contributed by atoms with Crippen molar-refractivity contribution in [2.75, 3.05) is 6.54 Å². The number of carbonyl (C=O) groups excluding carboxylic acids is 1. The first kappa shape index (κ1) is 13.3. The number of likely N-dealkylation sites (tertiary alicyclic amines) is 1. The second-order valence-electron chi connectivity index (χ2n) is 4.11. The SMILES string of the molecule is NCc1cc(C(=O)N2CCCC2C(=O)O)sc1Cl. The van der Waals surface area contributed by atoms with Gasteiger partial charge in [0.15, 0.2) is 0 Å². The van der Waals surface area contributed by atoms with Crippen molar-refractivity contribution in [3.63, 3.8) is 0 Å². The third-order valence-corrected chi connectivity index (χ3v) is 4.41. The van der Waals surface area contributed by atoms with Crippen LogP contribution in [0.1, 0.15) is 28.1 Å². The highest BCUT2D eigenvalue weighted by atomic mass is 35.5. The van der Waals surface area contributed by atoms with Crippen LogP contribution in [0.2, 0.25) is 4.34 Å². The number of nitrogens with zero attached hydrogens (tertiary/aromatic N) is 1. The lowest BCUT2D eigenvalue weighted by Gasteiger charge is -2.20. The van der Waals surface area contributed by atoms with E-state index in [4.69, 9.17) is 22.4 Å². The molecule has 1 fully saturated rings. The van der Waals surface area contributed by atoms with E-state index in [9.17, 15) is 9.59 Å². The van der Waals surface area contributed by atoms with E-state index in [1.165, 1.54) is 4.90 Å². The number of carbonyl (C=O) groups is 2. The summed E-state index contributed by atoms with van der Waals surface area (Å²) >= 11 is 7.10. The predicted octanol–water partition coefficient (Wildman–Crippen LogP) is 1.55. The monoisotopic (exact) mass is 288 g/mol. The molecule has 3 N–H and O–H groups in total. The summed E-state index contributed by atoms with van der Waals surface area (Å²) < 4.78 is 0.493. The van der Waals surface area contributed by atoms with E-state index in [1.54, 1.807) is 6.07 Å². The van der Waals surface area contributed by atoms with Gasteiger partial charge in [0.1, 0.15) is 6.04 Å². The molecule has 1 aliphatic rings. The Morgan fingerprint density at radius 1 is 1.61 bits per heavy atom. The quantitative estimate of drug-likeness (QED) is 0.884. The minimum atomic E-state index is -0.956.